The molecule has 0 aliphatic carbocycles. The first kappa shape index (κ1) is 22.4. The summed E-state index contributed by atoms with van der Waals surface area (Å²) in [6, 6.07) is 21.8. The Morgan fingerprint density at radius 3 is 2.58 bits per heavy atom. The van der Waals surface area contributed by atoms with E-state index in [1.165, 1.54) is 13.2 Å². The van der Waals surface area contributed by atoms with Gasteiger partial charge in [0.25, 0.3) is 5.91 Å². The summed E-state index contributed by atoms with van der Waals surface area (Å²) in [7, 11) is 1.49. The van der Waals surface area contributed by atoms with Crippen molar-refractivity contribution in [3.05, 3.63) is 92.9 Å². The summed E-state index contributed by atoms with van der Waals surface area (Å²) < 4.78 is 12.1. The Labute approximate surface area is 194 Å². The standard InChI is InChI=1S/C24H18BrClN2O3/c1-30-23-11-10-20(26)13-21(23)28-24(29)18(14-27)12-17-4-2-3-5-22(17)31-15-16-6-8-19(25)9-7-16/h2-13H,15H2,1H3,(H,28,29)/b18-12+. The van der Waals surface area contributed by atoms with Crippen molar-refractivity contribution in [3.63, 3.8) is 0 Å². The predicted octanol–water partition coefficient (Wildman–Crippen LogP) is 6.24. The number of nitrogens with one attached hydrogen (secondary N) is 1. The predicted molar refractivity (Wildman–Crippen MR) is 125 cm³/mol. The van der Waals surface area contributed by atoms with Gasteiger partial charge in [-0.1, -0.05) is 57.9 Å². The van der Waals surface area contributed by atoms with Crippen LogP contribution in [0.25, 0.3) is 6.08 Å². The quantitative estimate of drug-likeness (QED) is 0.310. The molecule has 0 aliphatic rings. The number of carbonyl (C=O) groups is 1. The lowest BCUT2D eigenvalue weighted by Gasteiger charge is -2.11. The molecular weight excluding hydrogens is 480 g/mol. The minimum absolute atomic E-state index is 0.0817. The second kappa shape index (κ2) is 10.7. The molecule has 3 aromatic carbocycles. The maximum absolute atomic E-state index is 12.7. The molecule has 0 atom stereocenters. The van der Waals surface area contributed by atoms with E-state index in [1.54, 1.807) is 30.3 Å². The van der Waals surface area contributed by atoms with Crippen molar-refractivity contribution >= 4 is 45.2 Å². The monoisotopic (exact) mass is 496 g/mol. The van der Waals surface area contributed by atoms with Gasteiger partial charge < -0.3 is 14.8 Å². The number of halogens is 2. The number of anilines is 1. The van der Waals surface area contributed by atoms with E-state index in [9.17, 15) is 10.1 Å². The number of hydrogen-bond acceptors (Lipinski definition) is 4. The molecule has 3 rings (SSSR count). The SMILES string of the molecule is COc1ccc(Cl)cc1NC(=O)/C(C#N)=C/c1ccccc1OCc1ccc(Br)cc1. The summed E-state index contributed by atoms with van der Waals surface area (Å²) in [5.41, 5.74) is 1.90. The highest BCUT2D eigenvalue weighted by atomic mass is 79.9. The van der Waals surface area contributed by atoms with E-state index in [0.29, 0.717) is 34.4 Å². The minimum atomic E-state index is -0.578. The van der Waals surface area contributed by atoms with Gasteiger partial charge in [0.1, 0.15) is 29.7 Å². The number of ether oxygens (including phenoxy) is 2. The van der Waals surface area contributed by atoms with Crippen molar-refractivity contribution in [1.29, 1.82) is 5.26 Å². The average Bonchev–Trinajstić information content (AvgIpc) is 2.78. The van der Waals surface area contributed by atoms with Gasteiger partial charge in [-0.2, -0.15) is 5.26 Å². The largest absolute Gasteiger partial charge is 0.495 e. The molecule has 156 valence electrons. The van der Waals surface area contributed by atoms with Crippen molar-refractivity contribution < 1.29 is 14.3 Å². The molecule has 7 heteroatoms. The van der Waals surface area contributed by atoms with Crippen molar-refractivity contribution in [1.82, 2.24) is 0 Å². The lowest BCUT2D eigenvalue weighted by atomic mass is 10.1. The highest BCUT2D eigenvalue weighted by Gasteiger charge is 2.14. The van der Waals surface area contributed by atoms with Gasteiger partial charge in [0.05, 0.1) is 12.8 Å². The Morgan fingerprint density at radius 2 is 1.87 bits per heavy atom. The van der Waals surface area contributed by atoms with E-state index >= 15 is 0 Å². The van der Waals surface area contributed by atoms with E-state index in [2.05, 4.69) is 21.2 Å². The lowest BCUT2D eigenvalue weighted by Crippen LogP contribution is -2.14. The summed E-state index contributed by atoms with van der Waals surface area (Å²) in [6.45, 7) is 0.353. The zero-order chi connectivity index (χ0) is 22.2. The Kier molecular flexibility index (Phi) is 7.71. The van der Waals surface area contributed by atoms with Crippen LogP contribution in [0.3, 0.4) is 0 Å². The fourth-order valence-electron chi connectivity index (χ4n) is 2.74. The number of carbonyl (C=O) groups excluding carboxylic acids is 1. The number of nitrogens with zero attached hydrogens (tertiary/aromatic N) is 1. The van der Waals surface area contributed by atoms with Crippen LogP contribution in [0.4, 0.5) is 5.69 Å². The number of methoxy groups -OCH3 is 1. The maximum atomic E-state index is 12.7. The zero-order valence-corrected chi connectivity index (χ0v) is 18.9. The summed E-state index contributed by atoms with van der Waals surface area (Å²) in [4.78, 5) is 12.7. The highest BCUT2D eigenvalue weighted by molar-refractivity contribution is 9.10. The third-order valence-corrected chi connectivity index (χ3v) is 5.07. The van der Waals surface area contributed by atoms with Crippen LogP contribution in [-0.2, 0) is 11.4 Å². The third-order valence-electron chi connectivity index (χ3n) is 4.30. The molecule has 0 fully saturated rings. The first-order valence-electron chi connectivity index (χ1n) is 9.23. The van der Waals surface area contributed by atoms with Gasteiger partial charge in [-0.15, -0.1) is 0 Å². The molecule has 0 saturated carbocycles. The zero-order valence-electron chi connectivity index (χ0n) is 16.6. The van der Waals surface area contributed by atoms with Crippen LogP contribution in [0.2, 0.25) is 5.02 Å². The molecule has 0 aromatic heterocycles. The first-order valence-corrected chi connectivity index (χ1v) is 10.4. The second-order valence-electron chi connectivity index (χ2n) is 6.42. The number of hydrogen-bond donors (Lipinski definition) is 1. The molecule has 0 spiro atoms. The van der Waals surface area contributed by atoms with E-state index < -0.39 is 5.91 Å². The molecule has 0 aliphatic heterocycles. The Morgan fingerprint density at radius 1 is 1.13 bits per heavy atom. The summed E-state index contributed by atoms with van der Waals surface area (Å²) in [6.07, 6.45) is 1.49. The van der Waals surface area contributed by atoms with Crippen molar-refractivity contribution in [2.24, 2.45) is 0 Å². The maximum Gasteiger partial charge on any atom is 0.266 e. The highest BCUT2D eigenvalue weighted by Crippen LogP contribution is 2.28. The van der Waals surface area contributed by atoms with E-state index in [0.717, 1.165) is 10.0 Å². The van der Waals surface area contributed by atoms with Crippen LogP contribution in [-0.4, -0.2) is 13.0 Å². The van der Waals surface area contributed by atoms with Crippen LogP contribution in [0.1, 0.15) is 11.1 Å². The Balaban J connectivity index is 1.81. The van der Waals surface area contributed by atoms with E-state index in [4.69, 9.17) is 21.1 Å². The number of rotatable bonds is 7. The van der Waals surface area contributed by atoms with Gasteiger partial charge in [-0.3, -0.25) is 4.79 Å². The third kappa shape index (κ3) is 6.11. The van der Waals surface area contributed by atoms with Gasteiger partial charge in [0.2, 0.25) is 0 Å². The minimum Gasteiger partial charge on any atom is -0.495 e. The summed E-state index contributed by atoms with van der Waals surface area (Å²) in [5, 5.41) is 12.7. The summed E-state index contributed by atoms with van der Waals surface area (Å²) >= 11 is 9.42. The normalized spacial score (nSPS) is 10.8. The van der Waals surface area contributed by atoms with Gasteiger partial charge in [-0.05, 0) is 48.0 Å². The molecule has 31 heavy (non-hydrogen) atoms. The van der Waals surface area contributed by atoms with Crippen molar-refractivity contribution in [2.75, 3.05) is 12.4 Å². The van der Waals surface area contributed by atoms with Crippen molar-refractivity contribution in [3.8, 4) is 17.6 Å². The fraction of sp³-hybridized carbons (Fsp3) is 0.0833. The molecule has 1 N–H and O–H groups in total. The average molecular weight is 498 g/mol. The Hall–Kier alpha value is -3.27. The number of para-hydroxylation sites is 1. The number of amides is 1. The molecule has 5 nitrogen and oxygen atoms in total. The molecule has 0 saturated heterocycles. The molecule has 0 radical (unpaired) electrons. The first-order chi connectivity index (χ1) is 15.0. The number of benzene rings is 3. The van der Waals surface area contributed by atoms with Crippen molar-refractivity contribution in [2.45, 2.75) is 6.61 Å². The van der Waals surface area contributed by atoms with Gasteiger partial charge in [0.15, 0.2) is 0 Å². The van der Waals surface area contributed by atoms with Crippen LogP contribution in [0.15, 0.2) is 76.8 Å². The Bertz CT molecular complexity index is 1150. The second-order valence-corrected chi connectivity index (χ2v) is 7.77. The van der Waals surface area contributed by atoms with Crippen LogP contribution in [0.5, 0.6) is 11.5 Å². The van der Waals surface area contributed by atoms with Gasteiger partial charge in [-0.25, -0.2) is 0 Å². The van der Waals surface area contributed by atoms with E-state index in [-0.39, 0.29) is 5.57 Å². The van der Waals surface area contributed by atoms with Gasteiger partial charge >= 0.3 is 0 Å². The number of nitriles is 1. The molecule has 3 aromatic rings. The topological polar surface area (TPSA) is 71.3 Å². The van der Waals surface area contributed by atoms with Crippen LogP contribution < -0.4 is 14.8 Å². The van der Waals surface area contributed by atoms with Crippen LogP contribution >= 0.6 is 27.5 Å². The molecule has 1 amide bonds. The molecule has 0 unspecified atom stereocenters. The van der Waals surface area contributed by atoms with Gasteiger partial charge in [0, 0.05) is 15.1 Å². The lowest BCUT2D eigenvalue weighted by molar-refractivity contribution is -0.112. The van der Waals surface area contributed by atoms with Crippen LogP contribution in [0, 0.1) is 11.3 Å². The molecule has 0 heterocycles. The van der Waals surface area contributed by atoms with E-state index in [1.807, 2.05) is 42.5 Å². The smallest absolute Gasteiger partial charge is 0.266 e. The molecular formula is C24H18BrClN2O3. The summed E-state index contributed by atoms with van der Waals surface area (Å²) in [5.74, 6) is 0.422. The molecule has 0 bridgehead atoms. The fourth-order valence-corrected chi connectivity index (χ4v) is 3.18.